The van der Waals surface area contributed by atoms with E-state index in [2.05, 4.69) is 5.32 Å². The van der Waals surface area contributed by atoms with Crippen LogP contribution in [0.2, 0.25) is 0 Å². The van der Waals surface area contributed by atoms with E-state index in [1.165, 1.54) is 13.8 Å². The van der Waals surface area contributed by atoms with Crippen molar-refractivity contribution in [2.75, 3.05) is 11.9 Å². The van der Waals surface area contributed by atoms with Crippen LogP contribution in [0.25, 0.3) is 0 Å². The fraction of sp³-hybridized carbons (Fsp3) is 0.385. The van der Waals surface area contributed by atoms with E-state index in [1.807, 2.05) is 6.92 Å². The van der Waals surface area contributed by atoms with Crippen molar-refractivity contribution >= 4 is 17.6 Å². The Bertz CT molecular complexity index is 454. The lowest BCUT2D eigenvalue weighted by Gasteiger charge is -2.18. The van der Waals surface area contributed by atoms with Gasteiger partial charge < -0.3 is 15.2 Å². The van der Waals surface area contributed by atoms with Crippen molar-refractivity contribution in [1.29, 1.82) is 0 Å². The van der Waals surface area contributed by atoms with Gasteiger partial charge in [0.15, 0.2) is 0 Å². The summed E-state index contributed by atoms with van der Waals surface area (Å²) in [7, 11) is 0. The molecule has 1 aromatic carbocycles. The zero-order chi connectivity index (χ0) is 13.8. The van der Waals surface area contributed by atoms with Gasteiger partial charge in [0.25, 0.3) is 0 Å². The molecule has 2 N–H and O–H groups in total. The molecule has 5 nitrogen and oxygen atoms in total. The quantitative estimate of drug-likeness (QED) is 0.786. The summed E-state index contributed by atoms with van der Waals surface area (Å²) in [5.41, 5.74) is -0.956. The molecule has 0 fully saturated rings. The van der Waals surface area contributed by atoms with Crippen molar-refractivity contribution in [1.82, 2.24) is 0 Å². The molecule has 0 saturated carbocycles. The molecule has 0 saturated heterocycles. The summed E-state index contributed by atoms with van der Waals surface area (Å²) in [4.78, 5) is 22.7. The van der Waals surface area contributed by atoms with Gasteiger partial charge in [-0.1, -0.05) is 6.07 Å². The minimum absolute atomic E-state index is 0.514. The summed E-state index contributed by atoms with van der Waals surface area (Å²) in [6.45, 7) is 5.10. The Labute approximate surface area is 106 Å². The molecule has 0 radical (unpaired) electrons. The lowest BCUT2D eigenvalue weighted by atomic mass is 9.92. The number of benzene rings is 1. The van der Waals surface area contributed by atoms with Crippen LogP contribution in [0.3, 0.4) is 0 Å². The van der Waals surface area contributed by atoms with E-state index < -0.39 is 17.3 Å². The second-order valence-electron chi connectivity index (χ2n) is 4.35. The van der Waals surface area contributed by atoms with Crippen LogP contribution in [-0.2, 0) is 9.59 Å². The van der Waals surface area contributed by atoms with E-state index in [9.17, 15) is 9.59 Å². The number of ether oxygens (including phenoxy) is 1. The fourth-order valence-corrected chi connectivity index (χ4v) is 1.21. The molecule has 1 aromatic rings. The van der Waals surface area contributed by atoms with Crippen LogP contribution >= 0.6 is 0 Å². The number of carboxylic acid groups (broad SMARTS) is 1. The molecular formula is C13H17NO4. The standard InChI is InChI=1S/C13H17NO4/c1-4-18-10-7-5-6-9(8-10)14-11(15)13(2,3)12(16)17/h5-8H,4H2,1-3H3,(H,14,15)(H,16,17). The molecule has 0 atom stereocenters. The first kappa shape index (κ1) is 14.0. The first-order valence-corrected chi connectivity index (χ1v) is 5.65. The van der Waals surface area contributed by atoms with E-state index in [1.54, 1.807) is 24.3 Å². The summed E-state index contributed by atoms with van der Waals surface area (Å²) in [6.07, 6.45) is 0. The van der Waals surface area contributed by atoms with Gasteiger partial charge >= 0.3 is 5.97 Å². The monoisotopic (exact) mass is 251 g/mol. The molecule has 0 bridgehead atoms. The summed E-state index contributed by atoms with van der Waals surface area (Å²) >= 11 is 0. The van der Waals surface area contributed by atoms with Crippen LogP contribution in [0.5, 0.6) is 5.75 Å². The number of carbonyl (C=O) groups is 2. The number of rotatable bonds is 5. The molecule has 1 rings (SSSR count). The molecule has 0 aromatic heterocycles. The van der Waals surface area contributed by atoms with Crippen molar-refractivity contribution in [2.24, 2.45) is 5.41 Å². The van der Waals surface area contributed by atoms with Gasteiger partial charge in [-0.05, 0) is 32.9 Å². The topological polar surface area (TPSA) is 75.6 Å². The zero-order valence-corrected chi connectivity index (χ0v) is 10.7. The molecule has 0 aliphatic heterocycles. The number of anilines is 1. The Morgan fingerprint density at radius 2 is 2.06 bits per heavy atom. The highest BCUT2D eigenvalue weighted by Crippen LogP contribution is 2.21. The van der Waals surface area contributed by atoms with Gasteiger partial charge in [-0.15, -0.1) is 0 Å². The number of aliphatic carboxylic acids is 1. The Morgan fingerprint density at radius 3 is 2.61 bits per heavy atom. The molecule has 0 unspecified atom stereocenters. The van der Waals surface area contributed by atoms with Crippen molar-refractivity contribution in [2.45, 2.75) is 20.8 Å². The SMILES string of the molecule is CCOc1cccc(NC(=O)C(C)(C)C(=O)O)c1. The third-order valence-corrected chi connectivity index (χ3v) is 2.51. The Morgan fingerprint density at radius 1 is 1.39 bits per heavy atom. The van der Waals surface area contributed by atoms with Crippen molar-refractivity contribution in [3.05, 3.63) is 24.3 Å². The highest BCUT2D eigenvalue weighted by Gasteiger charge is 2.35. The minimum atomic E-state index is -1.47. The lowest BCUT2D eigenvalue weighted by molar-refractivity contribution is -0.151. The molecule has 18 heavy (non-hydrogen) atoms. The molecule has 0 aliphatic carbocycles. The normalized spacial score (nSPS) is 10.8. The summed E-state index contributed by atoms with van der Waals surface area (Å²) in [5.74, 6) is -1.10. The Hall–Kier alpha value is -2.04. The second kappa shape index (κ2) is 5.53. The number of hydrogen-bond donors (Lipinski definition) is 2. The van der Waals surface area contributed by atoms with E-state index >= 15 is 0 Å². The summed E-state index contributed by atoms with van der Waals surface area (Å²) in [6, 6.07) is 6.83. The first-order chi connectivity index (χ1) is 8.37. The van der Waals surface area contributed by atoms with Crippen molar-refractivity contribution in [3.8, 4) is 5.75 Å². The van der Waals surface area contributed by atoms with Crippen LogP contribution in [0, 0.1) is 5.41 Å². The van der Waals surface area contributed by atoms with Gasteiger partial charge in [0.2, 0.25) is 5.91 Å². The van der Waals surface area contributed by atoms with Gasteiger partial charge in [-0.3, -0.25) is 9.59 Å². The van der Waals surface area contributed by atoms with Gasteiger partial charge in [0.1, 0.15) is 11.2 Å². The Kier molecular flexibility index (Phi) is 4.31. The van der Waals surface area contributed by atoms with Crippen LogP contribution in [0.15, 0.2) is 24.3 Å². The van der Waals surface area contributed by atoms with E-state index in [-0.39, 0.29) is 0 Å². The van der Waals surface area contributed by atoms with Crippen LogP contribution in [0.4, 0.5) is 5.69 Å². The molecule has 0 heterocycles. The zero-order valence-electron chi connectivity index (χ0n) is 10.7. The highest BCUT2D eigenvalue weighted by molar-refractivity contribution is 6.07. The maximum absolute atomic E-state index is 11.8. The molecular weight excluding hydrogens is 234 g/mol. The third kappa shape index (κ3) is 3.23. The third-order valence-electron chi connectivity index (χ3n) is 2.51. The van der Waals surface area contributed by atoms with Gasteiger partial charge in [0, 0.05) is 11.8 Å². The average Bonchev–Trinajstić information content (AvgIpc) is 2.29. The Balaban J connectivity index is 2.82. The maximum atomic E-state index is 11.8. The van der Waals surface area contributed by atoms with Crippen molar-refractivity contribution in [3.63, 3.8) is 0 Å². The van der Waals surface area contributed by atoms with Gasteiger partial charge in [-0.2, -0.15) is 0 Å². The fourth-order valence-electron chi connectivity index (χ4n) is 1.21. The lowest BCUT2D eigenvalue weighted by Crippen LogP contribution is -2.37. The molecule has 98 valence electrons. The predicted molar refractivity (Wildman–Crippen MR) is 67.7 cm³/mol. The molecule has 0 aliphatic rings. The number of amides is 1. The number of hydrogen-bond acceptors (Lipinski definition) is 3. The summed E-state index contributed by atoms with van der Waals surface area (Å²) in [5, 5.41) is 11.5. The van der Waals surface area contributed by atoms with E-state index in [4.69, 9.17) is 9.84 Å². The van der Waals surface area contributed by atoms with Crippen LogP contribution < -0.4 is 10.1 Å². The first-order valence-electron chi connectivity index (χ1n) is 5.65. The summed E-state index contributed by atoms with van der Waals surface area (Å²) < 4.78 is 5.29. The van der Waals surface area contributed by atoms with Gasteiger partial charge in [0.05, 0.1) is 6.61 Å². The van der Waals surface area contributed by atoms with Crippen LogP contribution in [0.1, 0.15) is 20.8 Å². The smallest absolute Gasteiger partial charge is 0.318 e. The highest BCUT2D eigenvalue weighted by atomic mass is 16.5. The second-order valence-corrected chi connectivity index (χ2v) is 4.35. The van der Waals surface area contributed by atoms with Crippen molar-refractivity contribution < 1.29 is 19.4 Å². The number of carbonyl (C=O) groups excluding carboxylic acids is 1. The maximum Gasteiger partial charge on any atom is 0.318 e. The van der Waals surface area contributed by atoms with E-state index in [0.29, 0.717) is 18.0 Å². The van der Waals surface area contributed by atoms with Crippen LogP contribution in [-0.4, -0.2) is 23.6 Å². The average molecular weight is 251 g/mol. The van der Waals surface area contributed by atoms with E-state index in [0.717, 1.165) is 0 Å². The number of carboxylic acids is 1. The van der Waals surface area contributed by atoms with Gasteiger partial charge in [-0.25, -0.2) is 0 Å². The molecule has 1 amide bonds. The predicted octanol–water partition coefficient (Wildman–Crippen LogP) is 2.13. The minimum Gasteiger partial charge on any atom is -0.494 e. The largest absolute Gasteiger partial charge is 0.494 e. The molecule has 5 heteroatoms. The number of nitrogens with one attached hydrogen (secondary N) is 1. The molecule has 0 spiro atoms.